The largest absolute Gasteiger partial charge is 0.472 e. The molecule has 0 fully saturated rings. The minimum atomic E-state index is -4.98. The van der Waals surface area contributed by atoms with Crippen LogP contribution in [0.15, 0.2) is 72.9 Å². The fraction of sp³-hybridized carbons (Fsp3) is 0.802. The summed E-state index contributed by atoms with van der Waals surface area (Å²) in [5.41, 5.74) is 0. The number of carbonyl (C=O) groups is 4. The van der Waals surface area contributed by atoms with Gasteiger partial charge in [-0.3, -0.25) is 37.3 Å². The highest BCUT2D eigenvalue weighted by atomic mass is 31.2. The van der Waals surface area contributed by atoms with E-state index in [0.29, 0.717) is 25.7 Å². The van der Waals surface area contributed by atoms with Crippen LogP contribution in [0, 0.1) is 0 Å². The number of phosphoric acid groups is 2. The summed E-state index contributed by atoms with van der Waals surface area (Å²) in [7, 11) is -9.95. The first kappa shape index (κ1) is 96.5. The summed E-state index contributed by atoms with van der Waals surface area (Å²) in [6.07, 6.45) is 74.5. The maximum absolute atomic E-state index is 13.1. The second-order valence-corrected chi connectivity index (χ2v) is 29.9. The minimum absolute atomic E-state index is 0.0786. The van der Waals surface area contributed by atoms with Crippen molar-refractivity contribution in [2.75, 3.05) is 39.6 Å². The third-order valence-corrected chi connectivity index (χ3v) is 19.0. The maximum Gasteiger partial charge on any atom is 0.472 e. The van der Waals surface area contributed by atoms with E-state index in [4.69, 9.17) is 37.0 Å². The SMILES string of the molecule is CC/C=C\C/C=C\C/C=C\CCCCCCCCCC(=O)OCC(COP(=O)(O)OCC(O)COP(=O)(O)OCC(COC(=O)CCCCCCC/C=C\CCCCCCCC)OC(=O)CCCCCCCCCCCCCCCCC)OC(=O)CCCCCCC/C=C\C/C=C\CCC. The number of hydrogen-bond donors (Lipinski definition) is 3. The van der Waals surface area contributed by atoms with Crippen molar-refractivity contribution in [2.45, 2.75) is 380 Å². The lowest BCUT2D eigenvalue weighted by atomic mass is 10.0. The third-order valence-electron chi connectivity index (χ3n) is 17.1. The molecular weight excluding hydrogens is 1310 g/mol. The van der Waals surface area contributed by atoms with Crippen molar-refractivity contribution in [1.82, 2.24) is 0 Å². The predicted octanol–water partition coefficient (Wildman–Crippen LogP) is 23.2. The van der Waals surface area contributed by atoms with E-state index in [9.17, 15) is 43.2 Å². The molecule has 582 valence electrons. The minimum Gasteiger partial charge on any atom is -0.462 e. The number of carbonyl (C=O) groups excluding carboxylic acids is 4. The molecule has 0 heterocycles. The van der Waals surface area contributed by atoms with Crippen LogP contribution in [0.3, 0.4) is 0 Å². The number of phosphoric ester groups is 2. The zero-order valence-corrected chi connectivity index (χ0v) is 65.4. The van der Waals surface area contributed by atoms with Gasteiger partial charge in [0.2, 0.25) is 0 Å². The highest BCUT2D eigenvalue weighted by Gasteiger charge is 2.30. The number of allylic oxidation sites excluding steroid dienone is 12. The van der Waals surface area contributed by atoms with E-state index in [1.165, 1.54) is 103 Å². The number of hydrogen-bond acceptors (Lipinski definition) is 15. The molecule has 0 aliphatic heterocycles. The van der Waals surface area contributed by atoms with Crippen molar-refractivity contribution < 1.29 is 80.2 Å². The zero-order chi connectivity index (χ0) is 73.2. The summed E-state index contributed by atoms with van der Waals surface area (Å²) in [5, 5.41) is 10.6. The van der Waals surface area contributed by atoms with Gasteiger partial charge in [-0.1, -0.05) is 300 Å². The van der Waals surface area contributed by atoms with Crippen LogP contribution in [0.1, 0.15) is 362 Å². The molecule has 5 atom stereocenters. The van der Waals surface area contributed by atoms with E-state index in [0.717, 1.165) is 180 Å². The summed E-state index contributed by atoms with van der Waals surface area (Å²) < 4.78 is 68.6. The molecule has 0 radical (unpaired) electrons. The average Bonchev–Trinajstić information content (AvgIpc) is 0.965. The molecule has 0 rings (SSSR count). The van der Waals surface area contributed by atoms with Crippen molar-refractivity contribution in [2.24, 2.45) is 0 Å². The van der Waals surface area contributed by atoms with Crippen LogP contribution in [0.2, 0.25) is 0 Å². The van der Waals surface area contributed by atoms with E-state index in [1.54, 1.807) is 0 Å². The lowest BCUT2D eigenvalue weighted by Crippen LogP contribution is -2.30. The summed E-state index contributed by atoms with van der Waals surface area (Å²) in [5.74, 6) is -2.18. The first-order valence-electron chi connectivity index (χ1n) is 40.2. The Morgan fingerprint density at radius 3 is 0.850 bits per heavy atom. The van der Waals surface area contributed by atoms with Gasteiger partial charge in [-0.2, -0.15) is 0 Å². The number of esters is 4. The monoisotopic (exact) mass is 1450 g/mol. The van der Waals surface area contributed by atoms with Crippen LogP contribution in [0.4, 0.5) is 0 Å². The molecule has 0 bridgehead atoms. The fourth-order valence-electron chi connectivity index (χ4n) is 11.0. The Morgan fingerprint density at radius 1 is 0.290 bits per heavy atom. The van der Waals surface area contributed by atoms with Crippen molar-refractivity contribution in [3.63, 3.8) is 0 Å². The van der Waals surface area contributed by atoms with Crippen LogP contribution in [0.25, 0.3) is 0 Å². The molecule has 17 nitrogen and oxygen atoms in total. The fourth-order valence-corrected chi connectivity index (χ4v) is 12.6. The van der Waals surface area contributed by atoms with E-state index in [1.807, 2.05) is 0 Å². The van der Waals surface area contributed by atoms with Crippen LogP contribution < -0.4 is 0 Å². The Labute approximate surface area is 609 Å². The molecule has 0 saturated carbocycles. The van der Waals surface area contributed by atoms with Gasteiger partial charge < -0.3 is 33.8 Å². The molecule has 0 aromatic carbocycles. The van der Waals surface area contributed by atoms with E-state index < -0.39 is 97.5 Å². The number of aliphatic hydroxyl groups excluding tert-OH is 1. The average molecular weight is 1450 g/mol. The molecule has 0 spiro atoms. The highest BCUT2D eigenvalue weighted by molar-refractivity contribution is 7.47. The first-order valence-corrected chi connectivity index (χ1v) is 43.2. The molecule has 0 aromatic heterocycles. The summed E-state index contributed by atoms with van der Waals surface area (Å²) in [4.78, 5) is 73.0. The van der Waals surface area contributed by atoms with Gasteiger partial charge in [-0.05, 0) is 109 Å². The lowest BCUT2D eigenvalue weighted by molar-refractivity contribution is -0.161. The van der Waals surface area contributed by atoms with Crippen LogP contribution in [-0.4, -0.2) is 96.7 Å². The van der Waals surface area contributed by atoms with E-state index >= 15 is 0 Å². The summed E-state index contributed by atoms with van der Waals surface area (Å²) >= 11 is 0. The Kier molecular flexibility index (Phi) is 71.2. The Balaban J connectivity index is 5.33. The van der Waals surface area contributed by atoms with Crippen LogP contribution >= 0.6 is 15.6 Å². The summed E-state index contributed by atoms with van der Waals surface area (Å²) in [6, 6.07) is 0. The Bertz CT molecular complexity index is 2180. The predicted molar refractivity (Wildman–Crippen MR) is 409 cm³/mol. The molecule has 0 aliphatic carbocycles. The molecule has 0 aliphatic rings. The van der Waals surface area contributed by atoms with Crippen molar-refractivity contribution in [3.05, 3.63) is 72.9 Å². The number of unbranched alkanes of at least 4 members (excludes halogenated alkanes) is 38. The highest BCUT2D eigenvalue weighted by Crippen LogP contribution is 2.45. The van der Waals surface area contributed by atoms with Gasteiger partial charge in [0.25, 0.3) is 0 Å². The molecule has 0 amide bonds. The van der Waals surface area contributed by atoms with Gasteiger partial charge >= 0.3 is 39.5 Å². The van der Waals surface area contributed by atoms with Gasteiger partial charge in [0.1, 0.15) is 19.3 Å². The normalized spacial score (nSPS) is 14.3. The van der Waals surface area contributed by atoms with E-state index in [2.05, 4.69) is 101 Å². The number of aliphatic hydroxyl groups is 1. The third kappa shape index (κ3) is 72.8. The summed E-state index contributed by atoms with van der Waals surface area (Å²) in [6.45, 7) is 4.73. The quantitative estimate of drug-likeness (QED) is 0.0169. The smallest absolute Gasteiger partial charge is 0.462 e. The second kappa shape index (κ2) is 73.8. The van der Waals surface area contributed by atoms with Crippen LogP contribution in [0.5, 0.6) is 0 Å². The van der Waals surface area contributed by atoms with Crippen molar-refractivity contribution in [1.29, 1.82) is 0 Å². The first-order chi connectivity index (χ1) is 48.7. The topological polar surface area (TPSA) is 237 Å². The van der Waals surface area contributed by atoms with Crippen LogP contribution in [-0.2, 0) is 65.4 Å². The van der Waals surface area contributed by atoms with Gasteiger partial charge in [0.15, 0.2) is 12.2 Å². The maximum atomic E-state index is 13.1. The molecular formula is C81H146O17P2. The number of ether oxygens (including phenoxy) is 4. The second-order valence-electron chi connectivity index (χ2n) is 27.0. The Morgan fingerprint density at radius 2 is 0.540 bits per heavy atom. The van der Waals surface area contributed by atoms with Gasteiger partial charge in [-0.15, -0.1) is 0 Å². The Hall–Kier alpha value is -3.50. The van der Waals surface area contributed by atoms with Gasteiger partial charge in [-0.25, -0.2) is 9.13 Å². The molecule has 0 aromatic rings. The molecule has 19 heteroatoms. The van der Waals surface area contributed by atoms with Gasteiger partial charge in [0.05, 0.1) is 26.4 Å². The van der Waals surface area contributed by atoms with E-state index in [-0.39, 0.29) is 25.7 Å². The molecule has 100 heavy (non-hydrogen) atoms. The molecule has 5 unspecified atom stereocenters. The van der Waals surface area contributed by atoms with Crippen molar-refractivity contribution in [3.8, 4) is 0 Å². The molecule has 0 saturated heterocycles. The lowest BCUT2D eigenvalue weighted by Gasteiger charge is -2.21. The zero-order valence-electron chi connectivity index (χ0n) is 63.6. The molecule has 3 N–H and O–H groups in total. The number of rotatable bonds is 76. The van der Waals surface area contributed by atoms with Crippen molar-refractivity contribution >= 4 is 39.5 Å². The van der Waals surface area contributed by atoms with Gasteiger partial charge in [0, 0.05) is 25.7 Å². The standard InChI is InChI=1S/C81H146O17P2/c1-5-9-13-17-21-25-29-33-36-37-40-43-46-50-54-58-62-66-79(84)92-71-76(97-80(85)67-63-59-55-51-47-41-32-28-24-20-16-12-8-4)73-95-99(87,88)93-69-75(82)70-94-100(89,90)96-74-77(98-81(86)68-64-60-56-52-48-44-39-35-31-27-23-19-15-11-7-3)72-91-78(83)65-61-57-53-49-45-42-38-34-30-26-22-18-14-10-6-2/h9,13,16,20-21,25,28,32-34,36,38,75-77,82H,5-8,10-12,14-15,17-19,22-24,26-27,29-31,35,37,39-74H2,1-4H3,(H,87,88)(H,89,90)/b13-9-,20-16-,25-21-,32-28-,36-33-,38-34-.